The molecular formula is C90H70N2S3. The van der Waals surface area contributed by atoms with Gasteiger partial charge in [-0.1, -0.05) is 197 Å². The number of nitrogens with zero attached hydrogens (tertiary/aromatic N) is 2. The van der Waals surface area contributed by atoms with E-state index in [2.05, 4.69) is 278 Å². The van der Waals surface area contributed by atoms with Crippen molar-refractivity contribution in [2.75, 3.05) is 9.80 Å². The van der Waals surface area contributed by atoms with E-state index in [0.29, 0.717) is 23.7 Å². The molecule has 0 radical (unpaired) electrons. The van der Waals surface area contributed by atoms with Gasteiger partial charge in [-0.05, 0) is 226 Å². The first kappa shape index (κ1) is 55.2. The number of benzene rings is 12. The van der Waals surface area contributed by atoms with Crippen LogP contribution in [0.25, 0.3) is 105 Å². The van der Waals surface area contributed by atoms with Gasteiger partial charge in [0.25, 0.3) is 0 Å². The minimum atomic E-state index is 0.0504. The average molecular weight is 1280 g/mol. The summed E-state index contributed by atoms with van der Waals surface area (Å²) in [5.41, 5.74) is 24.0. The van der Waals surface area contributed by atoms with Gasteiger partial charge in [0.2, 0.25) is 0 Å². The van der Waals surface area contributed by atoms with Crippen LogP contribution in [0.15, 0.2) is 255 Å². The molecular weight excluding hydrogens is 1210 g/mol. The zero-order valence-corrected chi connectivity index (χ0v) is 55.9. The molecule has 0 N–H and O–H groups in total. The summed E-state index contributed by atoms with van der Waals surface area (Å²) in [4.78, 5) is 5.13. The van der Waals surface area contributed by atoms with E-state index < -0.39 is 0 Å². The molecule has 4 bridgehead atoms. The molecule has 95 heavy (non-hydrogen) atoms. The molecule has 15 aromatic rings. The van der Waals surface area contributed by atoms with Crippen LogP contribution in [0.2, 0.25) is 0 Å². The Kier molecular flexibility index (Phi) is 12.0. The lowest BCUT2D eigenvalue weighted by atomic mass is 9.56. The average Bonchev–Trinajstić information content (AvgIpc) is 1.55. The molecule has 12 aromatic carbocycles. The van der Waals surface area contributed by atoms with E-state index in [4.69, 9.17) is 0 Å². The molecule has 0 saturated heterocycles. The van der Waals surface area contributed by atoms with Gasteiger partial charge in [-0.2, -0.15) is 0 Å². The van der Waals surface area contributed by atoms with Gasteiger partial charge in [-0.15, -0.1) is 34.0 Å². The van der Waals surface area contributed by atoms with Crippen molar-refractivity contribution in [3.8, 4) is 44.5 Å². The summed E-state index contributed by atoms with van der Waals surface area (Å²) in [5.74, 6) is 4.25. The molecule has 0 aliphatic heterocycles. The number of anilines is 6. The molecule has 2 spiro atoms. The van der Waals surface area contributed by atoms with Gasteiger partial charge in [-0.3, -0.25) is 0 Å². The summed E-state index contributed by atoms with van der Waals surface area (Å²) in [6.45, 7) is 5.15. The first-order valence-corrected chi connectivity index (χ1v) is 37.4. The number of rotatable bonds is 8. The van der Waals surface area contributed by atoms with Crippen molar-refractivity contribution in [3.05, 3.63) is 277 Å². The number of hydrogen-bond donors (Lipinski definition) is 0. The van der Waals surface area contributed by atoms with Gasteiger partial charge in [0, 0.05) is 105 Å². The van der Waals surface area contributed by atoms with Gasteiger partial charge in [-0.25, -0.2) is 0 Å². The minimum absolute atomic E-state index is 0.0504. The lowest BCUT2D eigenvalue weighted by Crippen LogP contribution is -2.43. The van der Waals surface area contributed by atoms with Crippen molar-refractivity contribution < 1.29 is 0 Å². The van der Waals surface area contributed by atoms with Crippen molar-refractivity contribution in [2.45, 2.75) is 76.0 Å². The third-order valence-electron chi connectivity index (χ3n) is 24.6. The third kappa shape index (κ3) is 7.83. The second kappa shape index (κ2) is 20.7. The Balaban J connectivity index is 0.729. The van der Waals surface area contributed by atoms with Crippen molar-refractivity contribution in [3.63, 3.8) is 0 Å². The quantitative estimate of drug-likeness (QED) is 0.150. The molecule has 3 aromatic heterocycles. The predicted octanol–water partition coefficient (Wildman–Crippen LogP) is 26.5. The summed E-state index contributed by atoms with van der Waals surface area (Å²) in [6, 6.07) is 99.2. The molecule has 4 fully saturated rings. The van der Waals surface area contributed by atoms with Crippen molar-refractivity contribution in [1.82, 2.24) is 0 Å². The summed E-state index contributed by atoms with van der Waals surface area (Å²) >= 11 is 5.75. The van der Waals surface area contributed by atoms with Crippen molar-refractivity contribution >= 4 is 129 Å². The van der Waals surface area contributed by atoms with E-state index in [0.717, 1.165) is 34.6 Å². The van der Waals surface area contributed by atoms with Gasteiger partial charge in [0.15, 0.2) is 0 Å². The van der Waals surface area contributed by atoms with Gasteiger partial charge < -0.3 is 9.80 Å². The van der Waals surface area contributed by atoms with Crippen molar-refractivity contribution in [2.24, 2.45) is 35.5 Å². The van der Waals surface area contributed by atoms with Gasteiger partial charge in [0.05, 0.1) is 0 Å². The number of thiophene rings is 3. The number of fused-ring (bicyclic) bond motifs is 25. The van der Waals surface area contributed by atoms with Crippen LogP contribution in [0.1, 0.15) is 87.5 Å². The molecule has 6 aliphatic rings. The SMILES string of the molecule is C[C@H]1CC2CCC(C2)C12c1ccccc1-c1cc(N(c3cccc(-c4cccc5c4sc4ccccc45)c3)c3ccc4c(c3)sc3cc(N(c5cccc(-c6cccc7c6sc6ccccc67)c5)c5ccc6c(c5)-c5ccccc5C65C6CC[C@H](C6)C[C@@H]5C)ccc34)ccc12. The third-order valence-corrected chi connectivity index (χ3v) is 28.2. The summed E-state index contributed by atoms with van der Waals surface area (Å²) in [7, 11) is 0. The highest BCUT2D eigenvalue weighted by Crippen LogP contribution is 2.67. The Morgan fingerprint density at radius 3 is 1.16 bits per heavy atom. The van der Waals surface area contributed by atoms with Crippen molar-refractivity contribution in [1.29, 1.82) is 0 Å². The highest BCUT2D eigenvalue weighted by molar-refractivity contribution is 7.27. The lowest BCUT2D eigenvalue weighted by Gasteiger charge is -2.47. The summed E-state index contributed by atoms with van der Waals surface area (Å²) in [6.07, 6.45) is 10.7. The standard InChI is InChI=1S/C90H70N2S3/c1-53-43-55-31-33-59(45-55)89(53)79-27-7-3-19-69(79)77-49-63(37-41-81(77)89)91(61-17-11-15-57(47-61)67-23-13-25-75-71-21-5-9-29-83(71)94-87(67)75)65-35-39-73-74-40-36-66(52-86(74)93-85(73)51-65)92(62-18-12-16-58(48-62)68-24-14-26-76-72-22-6-10-30-84(72)95-88(68)76)64-38-42-82-78(50-64)70-20-4-8-28-80(70)90(82)54(2)44-56-32-34-60(90)46-56/h3-30,35-42,47-56,59-60H,31-34,43-46H2,1-2H3/t53-,54-,55-,56?,59?,60?,89?,90?/m0/s1. The lowest BCUT2D eigenvalue weighted by molar-refractivity contribution is 0.162. The van der Waals surface area contributed by atoms with Gasteiger partial charge >= 0.3 is 0 Å². The first-order valence-electron chi connectivity index (χ1n) is 34.9. The fourth-order valence-electron chi connectivity index (χ4n) is 21.0. The van der Waals surface area contributed by atoms with E-state index in [9.17, 15) is 0 Å². The van der Waals surface area contributed by atoms with E-state index in [-0.39, 0.29) is 10.8 Å². The Hall–Kier alpha value is -9.10. The smallest absolute Gasteiger partial charge is 0.0476 e. The molecule has 21 rings (SSSR count). The Morgan fingerprint density at radius 2 is 0.663 bits per heavy atom. The van der Waals surface area contributed by atoms with Crippen LogP contribution in [0.5, 0.6) is 0 Å². The molecule has 0 amide bonds. The maximum Gasteiger partial charge on any atom is 0.0476 e. The zero-order chi connectivity index (χ0) is 62.4. The molecule has 5 heteroatoms. The van der Waals surface area contributed by atoms with Crippen LogP contribution < -0.4 is 9.80 Å². The molecule has 2 nitrogen and oxygen atoms in total. The minimum Gasteiger partial charge on any atom is -0.310 e. The molecule has 8 atom stereocenters. The molecule has 6 aliphatic carbocycles. The molecule has 5 unspecified atom stereocenters. The topological polar surface area (TPSA) is 6.48 Å². The molecule has 4 saturated carbocycles. The Labute approximate surface area is 567 Å². The molecule has 458 valence electrons. The van der Waals surface area contributed by atoms with Crippen LogP contribution in [0, 0.1) is 35.5 Å². The largest absolute Gasteiger partial charge is 0.310 e. The van der Waals surface area contributed by atoms with E-state index >= 15 is 0 Å². The Bertz CT molecular complexity index is 5370. The fraction of sp³-hybridized carbons (Fsp3) is 0.200. The monoisotopic (exact) mass is 1270 g/mol. The first-order chi connectivity index (χ1) is 46.8. The van der Waals surface area contributed by atoms with Crippen LogP contribution >= 0.6 is 34.0 Å². The maximum atomic E-state index is 2.58. The highest BCUT2D eigenvalue weighted by Gasteiger charge is 2.58. The van der Waals surface area contributed by atoms with E-state index in [1.807, 2.05) is 34.0 Å². The molecule has 3 heterocycles. The fourth-order valence-corrected chi connectivity index (χ4v) is 24.6. The van der Waals surface area contributed by atoms with E-state index in [1.54, 1.807) is 22.3 Å². The van der Waals surface area contributed by atoms with Crippen LogP contribution in [0.3, 0.4) is 0 Å². The van der Waals surface area contributed by atoms with Crippen LogP contribution in [-0.2, 0) is 10.8 Å². The van der Waals surface area contributed by atoms with Gasteiger partial charge in [0.1, 0.15) is 0 Å². The Morgan fingerprint density at radius 1 is 0.284 bits per heavy atom. The summed E-state index contributed by atoms with van der Waals surface area (Å²) < 4.78 is 7.89. The van der Waals surface area contributed by atoms with Crippen LogP contribution in [0.4, 0.5) is 34.1 Å². The van der Waals surface area contributed by atoms with E-state index in [1.165, 1.54) is 168 Å². The normalized spacial score (nSPS) is 22.8. The highest BCUT2D eigenvalue weighted by atomic mass is 32.1. The second-order valence-electron chi connectivity index (χ2n) is 29.1. The van der Waals surface area contributed by atoms with Crippen LogP contribution in [-0.4, -0.2) is 0 Å². The predicted molar refractivity (Wildman–Crippen MR) is 407 cm³/mol. The zero-order valence-electron chi connectivity index (χ0n) is 53.5. The second-order valence-corrected chi connectivity index (χ2v) is 32.3. The maximum absolute atomic E-state index is 2.58. The summed E-state index contributed by atoms with van der Waals surface area (Å²) in [5, 5.41) is 7.88. The number of hydrogen-bond acceptors (Lipinski definition) is 5.